The summed E-state index contributed by atoms with van der Waals surface area (Å²) in [5.41, 5.74) is 0.631. The van der Waals surface area contributed by atoms with Crippen LogP contribution in [0.15, 0.2) is 11.5 Å². The zero-order valence-electron chi connectivity index (χ0n) is 12.4. The highest BCUT2D eigenvalue weighted by molar-refractivity contribution is 6.70. The Morgan fingerprint density at radius 1 is 1.18 bits per heavy atom. The van der Waals surface area contributed by atoms with Crippen LogP contribution in [-0.4, -0.2) is 21.2 Å². The second-order valence-corrected chi connectivity index (χ2v) is 10.5. The number of hydrogen-bond acceptors (Lipinski definition) is 3. The summed E-state index contributed by atoms with van der Waals surface area (Å²) in [6.07, 6.45) is 0.663. The van der Waals surface area contributed by atoms with Gasteiger partial charge in [0, 0.05) is 11.0 Å². The van der Waals surface area contributed by atoms with E-state index in [1.54, 1.807) is 14.0 Å². The minimum Gasteiger partial charge on any atom is -0.520 e. The average Bonchev–Trinajstić information content (AvgIpc) is 2.11. The van der Waals surface area contributed by atoms with E-state index in [0.717, 1.165) is 5.57 Å². The third kappa shape index (κ3) is 5.91. The first-order valence-corrected chi connectivity index (χ1v) is 9.34. The van der Waals surface area contributed by atoms with Crippen LogP contribution in [-0.2, 0) is 14.0 Å². The first-order valence-electron chi connectivity index (χ1n) is 5.93. The van der Waals surface area contributed by atoms with Crippen molar-refractivity contribution >= 4 is 14.1 Å². The maximum atomic E-state index is 11.5. The Kier molecular flexibility index (Phi) is 5.45. The summed E-state index contributed by atoms with van der Waals surface area (Å²) >= 11 is 0. The highest BCUT2D eigenvalue weighted by Gasteiger charge is 2.27. The van der Waals surface area contributed by atoms with Gasteiger partial charge in [-0.25, -0.2) is 0 Å². The third-order valence-electron chi connectivity index (χ3n) is 2.59. The maximum Gasteiger partial charge on any atom is 0.263 e. The van der Waals surface area contributed by atoms with Crippen LogP contribution >= 0.6 is 0 Å². The van der Waals surface area contributed by atoms with Crippen LogP contribution in [0.1, 0.15) is 34.1 Å². The van der Waals surface area contributed by atoms with Gasteiger partial charge >= 0.3 is 0 Å². The van der Waals surface area contributed by atoms with Crippen LogP contribution in [0.2, 0.25) is 19.6 Å². The van der Waals surface area contributed by atoms with Gasteiger partial charge in [-0.15, -0.1) is 0 Å². The monoisotopic (exact) mass is 258 g/mol. The van der Waals surface area contributed by atoms with E-state index in [-0.39, 0.29) is 11.2 Å². The topological polar surface area (TPSA) is 35.5 Å². The molecule has 100 valence electrons. The number of carbonyl (C=O) groups is 1. The standard InChI is InChI=1S/C13H26O3Si/c1-10(9-13(3,4)11(2)14)12(15-5)16-17(6,7)8/h9H2,1-8H3/b12-10+. The molecule has 0 atom stereocenters. The van der Waals surface area contributed by atoms with Crippen molar-refractivity contribution in [3.63, 3.8) is 0 Å². The molecule has 0 N–H and O–H groups in total. The molecular weight excluding hydrogens is 232 g/mol. The van der Waals surface area contributed by atoms with E-state index in [0.29, 0.717) is 12.4 Å². The van der Waals surface area contributed by atoms with E-state index < -0.39 is 8.32 Å². The molecule has 0 saturated heterocycles. The highest BCUT2D eigenvalue weighted by Crippen LogP contribution is 2.28. The molecule has 0 aliphatic carbocycles. The number of ether oxygens (including phenoxy) is 1. The molecule has 3 nitrogen and oxygen atoms in total. The van der Waals surface area contributed by atoms with Gasteiger partial charge in [0.15, 0.2) is 0 Å². The van der Waals surface area contributed by atoms with Gasteiger partial charge in [-0.05, 0) is 39.9 Å². The number of ketones is 1. The summed E-state index contributed by atoms with van der Waals surface area (Å²) in [4.78, 5) is 11.5. The molecule has 0 unspecified atom stereocenters. The van der Waals surface area contributed by atoms with Gasteiger partial charge < -0.3 is 9.16 Å². The summed E-state index contributed by atoms with van der Waals surface area (Å²) in [7, 11) is -0.0635. The van der Waals surface area contributed by atoms with Crippen molar-refractivity contribution in [3.05, 3.63) is 11.5 Å². The lowest BCUT2D eigenvalue weighted by Gasteiger charge is -2.26. The molecule has 0 saturated carbocycles. The van der Waals surface area contributed by atoms with E-state index in [1.165, 1.54) is 0 Å². The molecule has 0 fully saturated rings. The van der Waals surface area contributed by atoms with Crippen molar-refractivity contribution in [2.45, 2.75) is 53.8 Å². The van der Waals surface area contributed by atoms with Gasteiger partial charge in [0.1, 0.15) is 5.78 Å². The predicted molar refractivity (Wildman–Crippen MR) is 73.2 cm³/mol. The minimum absolute atomic E-state index is 0.181. The molecule has 0 radical (unpaired) electrons. The van der Waals surface area contributed by atoms with Crippen LogP contribution in [0.25, 0.3) is 0 Å². The smallest absolute Gasteiger partial charge is 0.263 e. The fourth-order valence-corrected chi connectivity index (χ4v) is 2.25. The van der Waals surface area contributed by atoms with E-state index >= 15 is 0 Å². The van der Waals surface area contributed by atoms with Crippen LogP contribution in [0.5, 0.6) is 0 Å². The number of Topliss-reactive ketones (excluding diaryl/α,β-unsaturated/α-hetero) is 1. The zero-order chi connectivity index (χ0) is 13.9. The summed E-state index contributed by atoms with van der Waals surface area (Å²) in [5.74, 6) is 0.763. The molecule has 0 heterocycles. The number of carbonyl (C=O) groups excluding carboxylic acids is 1. The molecule has 17 heavy (non-hydrogen) atoms. The Morgan fingerprint density at radius 2 is 1.65 bits per heavy atom. The summed E-state index contributed by atoms with van der Waals surface area (Å²) in [5, 5.41) is 0. The Labute approximate surface area is 106 Å². The van der Waals surface area contributed by atoms with Crippen LogP contribution in [0, 0.1) is 5.41 Å². The second-order valence-electron chi connectivity index (χ2n) is 6.10. The Hall–Kier alpha value is -0.773. The van der Waals surface area contributed by atoms with Crippen molar-refractivity contribution in [1.82, 2.24) is 0 Å². The normalized spacial score (nSPS) is 14.1. The van der Waals surface area contributed by atoms with Crippen molar-refractivity contribution in [3.8, 4) is 0 Å². The summed E-state index contributed by atoms with van der Waals surface area (Å²) in [6, 6.07) is 0. The van der Waals surface area contributed by atoms with E-state index in [2.05, 4.69) is 19.6 Å². The quantitative estimate of drug-likeness (QED) is 0.538. The van der Waals surface area contributed by atoms with Crippen molar-refractivity contribution in [2.24, 2.45) is 5.41 Å². The van der Waals surface area contributed by atoms with Gasteiger partial charge in [-0.1, -0.05) is 13.8 Å². The molecule has 0 spiro atoms. The summed E-state index contributed by atoms with van der Waals surface area (Å²) < 4.78 is 11.2. The van der Waals surface area contributed by atoms with Crippen molar-refractivity contribution in [1.29, 1.82) is 0 Å². The van der Waals surface area contributed by atoms with Gasteiger partial charge in [0.25, 0.3) is 5.95 Å². The molecular formula is C13H26O3Si. The Morgan fingerprint density at radius 3 is 1.94 bits per heavy atom. The predicted octanol–water partition coefficient (Wildman–Crippen LogP) is 3.72. The minimum atomic E-state index is -1.67. The zero-order valence-corrected chi connectivity index (χ0v) is 13.4. The lowest BCUT2D eigenvalue weighted by atomic mass is 9.83. The largest absolute Gasteiger partial charge is 0.520 e. The first-order chi connectivity index (χ1) is 7.49. The van der Waals surface area contributed by atoms with Crippen molar-refractivity contribution < 1.29 is 14.0 Å². The molecule has 0 aromatic heterocycles. The van der Waals surface area contributed by atoms with E-state index in [9.17, 15) is 4.79 Å². The van der Waals surface area contributed by atoms with Crippen molar-refractivity contribution in [2.75, 3.05) is 7.11 Å². The molecule has 0 aromatic rings. The molecule has 0 bridgehead atoms. The number of methoxy groups -OCH3 is 1. The fraction of sp³-hybridized carbons (Fsp3) is 0.769. The Bertz CT molecular complexity index is 311. The average molecular weight is 258 g/mol. The molecule has 0 amide bonds. The van der Waals surface area contributed by atoms with Gasteiger partial charge in [0.2, 0.25) is 8.32 Å². The van der Waals surface area contributed by atoms with Crippen LogP contribution < -0.4 is 0 Å². The second kappa shape index (κ2) is 5.71. The van der Waals surface area contributed by atoms with Crippen LogP contribution in [0.4, 0.5) is 0 Å². The fourth-order valence-electron chi connectivity index (χ4n) is 1.44. The lowest BCUT2D eigenvalue weighted by molar-refractivity contribution is -0.124. The molecule has 0 rings (SSSR count). The maximum absolute atomic E-state index is 11.5. The van der Waals surface area contributed by atoms with Crippen LogP contribution in [0.3, 0.4) is 0 Å². The molecule has 4 heteroatoms. The van der Waals surface area contributed by atoms with E-state index in [4.69, 9.17) is 9.16 Å². The summed E-state index contributed by atoms with van der Waals surface area (Å²) in [6.45, 7) is 13.8. The SMILES string of the molecule is CO/C(O[Si](C)(C)C)=C(/C)CC(C)(C)C(C)=O. The molecule has 0 aliphatic heterocycles. The molecule has 0 aliphatic rings. The van der Waals surface area contributed by atoms with Gasteiger partial charge in [-0.2, -0.15) is 0 Å². The first kappa shape index (κ1) is 16.2. The Balaban J connectivity index is 4.94. The van der Waals surface area contributed by atoms with Gasteiger partial charge in [-0.3, -0.25) is 4.79 Å². The lowest BCUT2D eigenvalue weighted by Crippen LogP contribution is -2.27. The molecule has 0 aromatic carbocycles. The number of rotatable bonds is 6. The highest BCUT2D eigenvalue weighted by atomic mass is 28.4. The van der Waals surface area contributed by atoms with E-state index in [1.807, 2.05) is 20.8 Å². The van der Waals surface area contributed by atoms with Gasteiger partial charge in [0.05, 0.1) is 7.11 Å². The third-order valence-corrected chi connectivity index (χ3v) is 3.39. The number of hydrogen-bond donors (Lipinski definition) is 0. The number of allylic oxidation sites excluding steroid dienone is 1.